The van der Waals surface area contributed by atoms with Crippen LogP contribution in [-0.2, 0) is 34.1 Å². The number of hydrogen-bond donors (Lipinski definition) is 0. The smallest absolute Gasteiger partial charge is 0.460 e. The first-order chi connectivity index (χ1) is 19.6. The van der Waals surface area contributed by atoms with Crippen LogP contribution in [0.2, 0.25) is 0 Å². The van der Waals surface area contributed by atoms with Gasteiger partial charge in [-0.1, -0.05) is 60.7 Å². The summed E-state index contributed by atoms with van der Waals surface area (Å²) in [6, 6.07) is 18.8. The quantitative estimate of drug-likeness (QED) is 0.232. The second kappa shape index (κ2) is 11.8. The highest BCUT2D eigenvalue weighted by molar-refractivity contribution is 5.88. The number of quaternary nitrogens is 1. The van der Waals surface area contributed by atoms with Crippen LogP contribution in [0.25, 0.3) is 0 Å². The molecule has 2 atom stereocenters. The van der Waals surface area contributed by atoms with Crippen molar-refractivity contribution in [3.8, 4) is 0 Å². The van der Waals surface area contributed by atoms with E-state index in [0.29, 0.717) is 23.2 Å². The highest BCUT2D eigenvalue weighted by Crippen LogP contribution is 2.47. The molecule has 0 aromatic heterocycles. The highest BCUT2D eigenvalue weighted by atomic mass is 16.7. The second-order valence-electron chi connectivity index (χ2n) is 12.6. The van der Waals surface area contributed by atoms with Gasteiger partial charge in [0.2, 0.25) is 0 Å². The average molecular weight is 565 g/mol. The number of rotatable bonds is 8. The summed E-state index contributed by atoms with van der Waals surface area (Å²) >= 11 is 0. The summed E-state index contributed by atoms with van der Waals surface area (Å²) in [6.45, 7) is 7.52. The molecule has 41 heavy (non-hydrogen) atoms. The monoisotopic (exact) mass is 564 g/mol. The minimum absolute atomic E-state index is 0.134. The molecule has 3 aliphatic heterocycles. The van der Waals surface area contributed by atoms with Crippen LogP contribution < -0.4 is 0 Å². The fraction of sp³-hybridized carbons (Fsp3) is 0.545. The Morgan fingerprint density at radius 3 is 1.85 bits per heavy atom. The fourth-order valence-corrected chi connectivity index (χ4v) is 7.21. The highest BCUT2D eigenvalue weighted by Gasteiger charge is 2.57. The molecule has 0 radical (unpaired) electrons. The number of nitrogens with zero attached hydrogens (tertiary/aromatic N) is 1. The summed E-state index contributed by atoms with van der Waals surface area (Å²) in [4.78, 5) is 39.6. The van der Waals surface area contributed by atoms with E-state index < -0.39 is 29.3 Å². The van der Waals surface area contributed by atoms with Crippen molar-refractivity contribution in [2.45, 2.75) is 95.1 Å². The zero-order valence-corrected chi connectivity index (χ0v) is 24.4. The number of piperidine rings is 1. The molecule has 0 aliphatic carbocycles. The summed E-state index contributed by atoms with van der Waals surface area (Å²) < 4.78 is 24.0. The molecule has 3 fully saturated rings. The van der Waals surface area contributed by atoms with E-state index in [-0.39, 0.29) is 19.1 Å². The van der Waals surface area contributed by atoms with E-state index >= 15 is 0 Å². The molecule has 2 aromatic carbocycles. The van der Waals surface area contributed by atoms with Gasteiger partial charge in [-0.15, -0.1) is 0 Å². The summed E-state index contributed by atoms with van der Waals surface area (Å²) in [5, 5.41) is 0. The summed E-state index contributed by atoms with van der Waals surface area (Å²) in [6.07, 6.45) is 5.07. The number of carbonyl (C=O) groups excluding carboxylic acids is 3. The van der Waals surface area contributed by atoms with Crippen molar-refractivity contribution in [3.63, 3.8) is 0 Å². The third kappa shape index (κ3) is 6.13. The molecule has 5 rings (SSSR count). The lowest BCUT2D eigenvalue weighted by Gasteiger charge is -2.47. The standard InChI is InChI=1S/C33H42NO7/c1-32(2,3)40-29(35)18-21-38-31(37)41-33(24-12-6-4-7-13-24,25-14-8-5-9-15-25)30(36)39-28-22-26-16-17-27(23-28)34(26)19-10-11-20-34/h4-9,12-15,26-28H,10-11,16-23H2,1-3H3/q+1. The van der Waals surface area contributed by atoms with Gasteiger partial charge in [0.15, 0.2) is 0 Å². The Hall–Kier alpha value is -3.39. The van der Waals surface area contributed by atoms with Crippen LogP contribution in [0.4, 0.5) is 4.79 Å². The van der Waals surface area contributed by atoms with Gasteiger partial charge >= 0.3 is 18.1 Å². The molecule has 3 heterocycles. The van der Waals surface area contributed by atoms with Crippen LogP contribution in [0, 0.1) is 0 Å². The van der Waals surface area contributed by atoms with Crippen molar-refractivity contribution in [1.82, 2.24) is 0 Å². The molecule has 0 saturated carbocycles. The predicted molar refractivity (Wildman–Crippen MR) is 152 cm³/mol. The minimum Gasteiger partial charge on any atom is -0.460 e. The van der Waals surface area contributed by atoms with Crippen LogP contribution in [0.1, 0.15) is 76.8 Å². The van der Waals surface area contributed by atoms with Crippen LogP contribution in [0.5, 0.6) is 0 Å². The van der Waals surface area contributed by atoms with Crippen molar-refractivity contribution < 1.29 is 37.8 Å². The average Bonchev–Trinajstić information content (AvgIpc) is 3.48. The van der Waals surface area contributed by atoms with Gasteiger partial charge in [-0.2, -0.15) is 0 Å². The van der Waals surface area contributed by atoms with Gasteiger partial charge in [0.05, 0.1) is 31.6 Å². The molecular formula is C33H42NO7+. The third-order valence-corrected chi connectivity index (χ3v) is 8.86. The third-order valence-electron chi connectivity index (χ3n) is 8.86. The summed E-state index contributed by atoms with van der Waals surface area (Å²) in [5.74, 6) is -1.13. The SMILES string of the molecule is CC(C)(C)OC(=O)CCOC(=O)OC(C(=O)OC1CC2CCC(C1)[N+]21CCCC1)(c1ccccc1)c1ccccc1. The first-order valence-corrected chi connectivity index (χ1v) is 14.9. The maximum absolute atomic E-state index is 14.3. The Balaban J connectivity index is 1.38. The van der Waals surface area contributed by atoms with E-state index in [0.717, 1.165) is 12.8 Å². The predicted octanol–water partition coefficient (Wildman–Crippen LogP) is 5.66. The van der Waals surface area contributed by atoms with Crippen molar-refractivity contribution in [3.05, 3.63) is 71.8 Å². The van der Waals surface area contributed by atoms with Crippen molar-refractivity contribution in [2.75, 3.05) is 19.7 Å². The van der Waals surface area contributed by atoms with E-state index in [1.807, 2.05) is 12.1 Å². The number of carbonyl (C=O) groups is 3. The van der Waals surface area contributed by atoms with E-state index in [4.69, 9.17) is 18.9 Å². The van der Waals surface area contributed by atoms with E-state index in [1.54, 1.807) is 69.3 Å². The molecule has 2 aromatic rings. The minimum atomic E-state index is -1.87. The first kappa shape index (κ1) is 29.1. The first-order valence-electron chi connectivity index (χ1n) is 14.9. The topological polar surface area (TPSA) is 88.1 Å². The lowest BCUT2D eigenvalue weighted by molar-refractivity contribution is -0.956. The molecule has 2 unspecified atom stereocenters. The van der Waals surface area contributed by atoms with Crippen LogP contribution in [0.3, 0.4) is 0 Å². The molecule has 8 heteroatoms. The molecule has 2 bridgehead atoms. The molecule has 220 valence electrons. The van der Waals surface area contributed by atoms with Crippen molar-refractivity contribution >= 4 is 18.1 Å². The van der Waals surface area contributed by atoms with Gasteiger partial charge in [-0.25, -0.2) is 9.59 Å². The van der Waals surface area contributed by atoms with Crippen LogP contribution in [-0.4, -0.2) is 66.1 Å². The second-order valence-corrected chi connectivity index (χ2v) is 12.6. The summed E-state index contributed by atoms with van der Waals surface area (Å²) in [5.41, 5.74) is -1.60. The molecule has 1 spiro atoms. The summed E-state index contributed by atoms with van der Waals surface area (Å²) in [7, 11) is 0. The van der Waals surface area contributed by atoms with E-state index in [2.05, 4.69) is 0 Å². The van der Waals surface area contributed by atoms with Gasteiger partial charge in [0.1, 0.15) is 18.3 Å². The largest absolute Gasteiger partial charge is 0.510 e. The Labute approximate surface area is 242 Å². The van der Waals surface area contributed by atoms with Crippen molar-refractivity contribution in [1.29, 1.82) is 0 Å². The Bertz CT molecular complexity index is 1160. The molecular weight excluding hydrogens is 522 g/mol. The lowest BCUT2D eigenvalue weighted by Crippen LogP contribution is -2.60. The Kier molecular flexibility index (Phi) is 8.41. The maximum Gasteiger partial charge on any atom is 0.510 e. The number of ether oxygens (including phenoxy) is 4. The zero-order chi connectivity index (χ0) is 29.1. The molecule has 0 N–H and O–H groups in total. The maximum atomic E-state index is 14.3. The van der Waals surface area contributed by atoms with Gasteiger partial charge in [-0.3, -0.25) is 4.79 Å². The Morgan fingerprint density at radius 2 is 1.34 bits per heavy atom. The normalized spacial score (nSPS) is 23.1. The zero-order valence-electron chi connectivity index (χ0n) is 24.4. The number of hydrogen-bond acceptors (Lipinski definition) is 7. The number of esters is 2. The molecule has 3 saturated heterocycles. The van der Waals surface area contributed by atoms with Crippen molar-refractivity contribution in [2.24, 2.45) is 0 Å². The van der Waals surface area contributed by atoms with Gasteiger partial charge < -0.3 is 23.4 Å². The molecule has 0 amide bonds. The molecule has 8 nitrogen and oxygen atoms in total. The van der Waals surface area contributed by atoms with Gasteiger partial charge in [0.25, 0.3) is 5.60 Å². The van der Waals surface area contributed by atoms with Gasteiger partial charge in [-0.05, 0) is 20.8 Å². The molecule has 3 aliphatic rings. The fourth-order valence-electron chi connectivity index (χ4n) is 7.21. The van der Waals surface area contributed by atoms with Gasteiger partial charge in [0, 0.05) is 49.7 Å². The van der Waals surface area contributed by atoms with E-state index in [9.17, 15) is 14.4 Å². The Morgan fingerprint density at radius 1 is 0.805 bits per heavy atom. The number of benzene rings is 2. The lowest BCUT2D eigenvalue weighted by atomic mass is 9.85. The van der Waals surface area contributed by atoms with Crippen LogP contribution in [0.15, 0.2) is 60.7 Å². The van der Waals surface area contributed by atoms with Crippen LogP contribution >= 0.6 is 0 Å². The van der Waals surface area contributed by atoms with E-state index in [1.165, 1.54) is 43.3 Å².